The van der Waals surface area contributed by atoms with E-state index in [0.717, 1.165) is 24.3 Å². The van der Waals surface area contributed by atoms with E-state index in [2.05, 4.69) is 18.7 Å². The van der Waals surface area contributed by atoms with Crippen molar-refractivity contribution in [2.75, 3.05) is 49.6 Å². The van der Waals surface area contributed by atoms with Crippen LogP contribution in [0.4, 0.5) is 11.4 Å². The molecule has 2 fully saturated rings. The quantitative estimate of drug-likeness (QED) is 0.470. The minimum Gasteiger partial charge on any atom is -0.394 e. The van der Waals surface area contributed by atoms with Crippen LogP contribution in [-0.2, 0) is 25.5 Å². The highest BCUT2D eigenvalue weighted by Crippen LogP contribution is 2.58. The molecule has 9 heteroatoms. The third-order valence-electron chi connectivity index (χ3n) is 9.90. The van der Waals surface area contributed by atoms with E-state index < -0.39 is 35.1 Å². The molecule has 0 aliphatic carbocycles. The second-order valence-corrected chi connectivity index (χ2v) is 12.4. The van der Waals surface area contributed by atoms with Gasteiger partial charge in [-0.05, 0) is 57.0 Å². The van der Waals surface area contributed by atoms with Crippen LogP contribution in [0.5, 0.6) is 0 Å². The standard InChI is InChI=1S/C35H42N4O5/c1-5-37(6-2)25-14-16-26(17-15-25)38-21-11-19-35-29(28-31(41)36(4)20-10-18-34(28,3)44-35)32(42)39(30(35)33(38)43)27(23-40)22-24-12-8-7-9-13-24/h7-19,27-30,40H,5-6,20-23H2,1-4H3/t27-,28-,29+,30?,34+,35+/m1/s1. The summed E-state index contributed by atoms with van der Waals surface area (Å²) in [6, 6.07) is 15.8. The van der Waals surface area contributed by atoms with E-state index in [0.29, 0.717) is 18.7 Å². The molecular weight excluding hydrogens is 556 g/mol. The molecule has 1 spiro atoms. The summed E-state index contributed by atoms with van der Waals surface area (Å²) in [6.45, 7) is 8.14. The highest BCUT2D eigenvalue weighted by Gasteiger charge is 2.75. The van der Waals surface area contributed by atoms with Crippen molar-refractivity contribution in [1.29, 1.82) is 0 Å². The number of carbonyl (C=O) groups is 3. The van der Waals surface area contributed by atoms with Crippen LogP contribution >= 0.6 is 0 Å². The number of fused-ring (bicyclic) bond motifs is 2. The number of amides is 3. The van der Waals surface area contributed by atoms with Gasteiger partial charge in [-0.1, -0.05) is 54.6 Å². The van der Waals surface area contributed by atoms with Crippen molar-refractivity contribution in [2.45, 2.75) is 50.5 Å². The Morgan fingerprint density at radius 3 is 2.25 bits per heavy atom. The van der Waals surface area contributed by atoms with Gasteiger partial charge >= 0.3 is 0 Å². The number of hydrogen-bond donors (Lipinski definition) is 1. The molecule has 0 saturated carbocycles. The Morgan fingerprint density at radius 1 is 0.909 bits per heavy atom. The predicted octanol–water partition coefficient (Wildman–Crippen LogP) is 3.04. The fourth-order valence-electron chi connectivity index (χ4n) is 7.78. The normalized spacial score (nSPS) is 30.2. The van der Waals surface area contributed by atoms with Crippen molar-refractivity contribution < 1.29 is 24.2 Å². The van der Waals surface area contributed by atoms with E-state index in [9.17, 15) is 19.5 Å². The van der Waals surface area contributed by atoms with Gasteiger partial charge in [-0.2, -0.15) is 0 Å². The van der Waals surface area contributed by atoms with Crippen LogP contribution in [0.15, 0.2) is 78.9 Å². The number of aliphatic hydroxyl groups excluding tert-OH is 1. The SMILES string of the molecule is CCN(CC)c1ccc(N2CC=C[C@]34O[C@@]5(C)C=CCN(C)C(=O)[C@H]5[C@H]3C(=O)N([C@@H](CO)Cc3ccccc3)C4C2=O)cc1. The van der Waals surface area contributed by atoms with Crippen molar-refractivity contribution in [3.63, 3.8) is 0 Å². The van der Waals surface area contributed by atoms with Gasteiger partial charge in [0.15, 0.2) is 0 Å². The summed E-state index contributed by atoms with van der Waals surface area (Å²) in [5.74, 6) is -2.57. The highest BCUT2D eigenvalue weighted by molar-refractivity contribution is 6.06. The first-order valence-corrected chi connectivity index (χ1v) is 15.6. The third-order valence-corrected chi connectivity index (χ3v) is 9.90. The number of likely N-dealkylation sites (tertiary alicyclic amines) is 1. The summed E-state index contributed by atoms with van der Waals surface area (Å²) in [6.07, 6.45) is 7.86. The summed E-state index contributed by atoms with van der Waals surface area (Å²) in [5, 5.41) is 10.7. The zero-order valence-electron chi connectivity index (χ0n) is 25.9. The Hall–Kier alpha value is -3.95. The van der Waals surface area contributed by atoms with Crippen LogP contribution in [0.25, 0.3) is 0 Å². The van der Waals surface area contributed by atoms with Gasteiger partial charge in [0, 0.05) is 44.6 Å². The summed E-state index contributed by atoms with van der Waals surface area (Å²) in [5.41, 5.74) is 0.249. The number of carbonyl (C=O) groups excluding carboxylic acids is 3. The minimum absolute atomic E-state index is 0.189. The second kappa shape index (κ2) is 11.5. The smallest absolute Gasteiger partial charge is 0.253 e. The molecule has 0 bridgehead atoms. The monoisotopic (exact) mass is 598 g/mol. The summed E-state index contributed by atoms with van der Waals surface area (Å²) in [7, 11) is 1.72. The van der Waals surface area contributed by atoms with Gasteiger partial charge in [-0.25, -0.2) is 0 Å². The van der Waals surface area contributed by atoms with Crippen molar-refractivity contribution in [2.24, 2.45) is 11.8 Å². The number of nitrogens with zero attached hydrogens (tertiary/aromatic N) is 4. The van der Waals surface area contributed by atoms with Crippen LogP contribution in [0.3, 0.4) is 0 Å². The Balaban J connectivity index is 1.46. The molecule has 2 aromatic rings. The second-order valence-electron chi connectivity index (χ2n) is 12.4. The largest absolute Gasteiger partial charge is 0.394 e. The zero-order chi connectivity index (χ0) is 31.2. The molecule has 1 N–H and O–H groups in total. The van der Waals surface area contributed by atoms with Gasteiger partial charge in [-0.15, -0.1) is 0 Å². The molecule has 2 saturated heterocycles. The zero-order valence-corrected chi connectivity index (χ0v) is 25.9. The van der Waals surface area contributed by atoms with E-state index in [-0.39, 0.29) is 30.9 Å². The van der Waals surface area contributed by atoms with E-state index in [1.54, 1.807) is 16.8 Å². The molecule has 2 aromatic carbocycles. The summed E-state index contributed by atoms with van der Waals surface area (Å²) in [4.78, 5) is 50.5. The lowest BCUT2D eigenvalue weighted by molar-refractivity contribution is -0.150. The number of aliphatic hydroxyl groups is 1. The molecule has 0 aromatic heterocycles. The van der Waals surface area contributed by atoms with Gasteiger partial charge in [0.25, 0.3) is 5.91 Å². The number of anilines is 2. The fourth-order valence-corrected chi connectivity index (χ4v) is 7.78. The fraction of sp³-hybridized carbons (Fsp3) is 0.457. The maximum atomic E-state index is 14.9. The van der Waals surface area contributed by atoms with Crippen LogP contribution in [0.1, 0.15) is 26.3 Å². The molecule has 4 aliphatic rings. The average Bonchev–Trinajstić information content (AvgIpc) is 3.31. The summed E-state index contributed by atoms with van der Waals surface area (Å²) >= 11 is 0. The molecular formula is C35H42N4O5. The first-order valence-electron chi connectivity index (χ1n) is 15.6. The lowest BCUT2D eigenvalue weighted by Gasteiger charge is -2.40. The van der Waals surface area contributed by atoms with Crippen LogP contribution in [0.2, 0.25) is 0 Å². The average molecular weight is 599 g/mol. The Morgan fingerprint density at radius 2 is 1.59 bits per heavy atom. The van der Waals surface area contributed by atoms with Gasteiger partial charge in [0.05, 0.1) is 30.1 Å². The van der Waals surface area contributed by atoms with E-state index in [1.165, 1.54) is 4.90 Å². The lowest BCUT2D eigenvalue weighted by atomic mass is 9.74. The molecule has 6 rings (SSSR count). The predicted molar refractivity (Wildman–Crippen MR) is 169 cm³/mol. The number of ether oxygens (including phenoxy) is 1. The van der Waals surface area contributed by atoms with Crippen molar-refractivity contribution in [3.8, 4) is 0 Å². The third kappa shape index (κ3) is 4.64. The number of benzene rings is 2. The van der Waals surface area contributed by atoms with Gasteiger partial charge < -0.3 is 29.4 Å². The summed E-state index contributed by atoms with van der Waals surface area (Å²) < 4.78 is 6.91. The molecule has 4 aliphatic heterocycles. The minimum atomic E-state index is -1.38. The van der Waals surface area contributed by atoms with Crippen molar-refractivity contribution in [1.82, 2.24) is 9.80 Å². The Labute approximate surface area is 259 Å². The van der Waals surface area contributed by atoms with E-state index >= 15 is 0 Å². The topological polar surface area (TPSA) is 93.6 Å². The Bertz CT molecular complexity index is 1470. The van der Waals surface area contributed by atoms with Gasteiger partial charge in [0.1, 0.15) is 11.6 Å². The maximum absolute atomic E-state index is 14.9. The van der Waals surface area contributed by atoms with E-state index in [1.807, 2.05) is 85.8 Å². The van der Waals surface area contributed by atoms with Crippen molar-refractivity contribution >= 4 is 29.1 Å². The molecule has 232 valence electrons. The number of likely N-dealkylation sites (N-methyl/N-ethyl adjacent to an activating group) is 1. The molecule has 0 radical (unpaired) electrons. The highest BCUT2D eigenvalue weighted by atomic mass is 16.5. The van der Waals surface area contributed by atoms with Crippen LogP contribution in [-0.4, -0.2) is 95.7 Å². The maximum Gasteiger partial charge on any atom is 0.253 e. The molecule has 6 atom stereocenters. The van der Waals surface area contributed by atoms with Crippen LogP contribution in [0, 0.1) is 11.8 Å². The molecule has 44 heavy (non-hydrogen) atoms. The Kier molecular flexibility index (Phi) is 7.88. The number of rotatable bonds is 8. The molecule has 1 unspecified atom stereocenters. The first-order chi connectivity index (χ1) is 21.2. The molecule has 9 nitrogen and oxygen atoms in total. The number of hydrogen-bond acceptors (Lipinski definition) is 6. The molecule has 4 heterocycles. The molecule has 3 amide bonds. The first kappa shape index (κ1) is 30.1. The van der Waals surface area contributed by atoms with Gasteiger partial charge in [-0.3, -0.25) is 14.4 Å². The van der Waals surface area contributed by atoms with Gasteiger partial charge in [0.2, 0.25) is 11.8 Å². The van der Waals surface area contributed by atoms with Crippen LogP contribution < -0.4 is 9.80 Å². The van der Waals surface area contributed by atoms with E-state index in [4.69, 9.17) is 4.74 Å². The lowest BCUT2D eigenvalue weighted by Crippen LogP contribution is -2.59. The van der Waals surface area contributed by atoms with Crippen molar-refractivity contribution in [3.05, 3.63) is 84.5 Å².